The number of hydrogen-bond donors (Lipinski definition) is 1. The van der Waals surface area contributed by atoms with Gasteiger partial charge in [-0.15, -0.1) is 23.2 Å². The van der Waals surface area contributed by atoms with Gasteiger partial charge in [0.15, 0.2) is 22.9 Å². The Morgan fingerprint density at radius 2 is 0.930 bits per heavy atom. The van der Waals surface area contributed by atoms with Crippen molar-refractivity contribution in [2.45, 2.75) is 109 Å². The Kier molecular flexibility index (Phi) is 40.0. The Balaban J connectivity index is 0.00000102. The second-order valence-corrected chi connectivity index (χ2v) is 37.5. The van der Waals surface area contributed by atoms with Gasteiger partial charge in [-0.25, -0.2) is 26.7 Å². The second kappa shape index (κ2) is 40.6. The molecule has 0 spiro atoms. The van der Waals surface area contributed by atoms with Crippen LogP contribution in [-0.4, -0.2) is 60.9 Å². The fourth-order valence-corrected chi connectivity index (χ4v) is 11.0. The van der Waals surface area contributed by atoms with E-state index in [1.165, 1.54) is 24.3 Å². The molecule has 0 aromatic heterocycles. The molecule has 0 heterocycles. The first-order valence-electron chi connectivity index (χ1n) is 25.2. The third kappa shape index (κ3) is 29.9. The van der Waals surface area contributed by atoms with Crippen molar-refractivity contribution in [1.29, 1.82) is 5.26 Å². The van der Waals surface area contributed by atoms with Crippen LogP contribution in [0.3, 0.4) is 0 Å². The maximum Gasteiger partial charge on any atom is 1.00 e. The van der Waals surface area contributed by atoms with E-state index in [0.29, 0.717) is 65.8 Å². The number of methoxy groups -OCH3 is 1. The SMILES string of the molecule is CC(C)(C)[Si](C)(C)OCC(F)c1[c-]ccc(Cl)c1.CC(C)(C)[Si](C)(C)OCC(F)c1cc(Cl)ccc1Br.COC(=O)C(F)c1cc(Cl)ccc1Br.N#CC(F)c1cc(Cl)ccc1Br.O=Cc1cc(Cl)ccc1Br.OCC(F)c1cc(Cl)ccc1Br.[Li+]. The fourth-order valence-electron chi connectivity index (χ4n) is 5.74. The summed E-state index contributed by atoms with van der Waals surface area (Å²) in [5.41, 5.74) is 2.40. The Hall–Kier alpha value is -1.35. The van der Waals surface area contributed by atoms with E-state index >= 15 is 0 Å². The normalized spacial score (nSPS) is 12.9. The third-order valence-electron chi connectivity index (χ3n) is 12.7. The predicted molar refractivity (Wildman–Crippen MR) is 362 cm³/mol. The van der Waals surface area contributed by atoms with Crippen LogP contribution in [0.1, 0.15) is 111 Å². The molecule has 5 atom stereocenters. The topological polar surface area (TPSA) is 106 Å². The second-order valence-electron chi connectivity index (χ2n) is 21.0. The smallest absolute Gasteiger partial charge is 0.467 e. The molecule has 0 saturated carbocycles. The van der Waals surface area contributed by atoms with Gasteiger partial charge in [-0.3, -0.25) is 4.79 Å². The number of nitrogens with zero attached hydrogens (tertiary/aromatic N) is 1. The number of benzene rings is 6. The molecule has 6 aromatic rings. The summed E-state index contributed by atoms with van der Waals surface area (Å²) in [6.45, 7) is 20.9. The zero-order valence-electron chi connectivity index (χ0n) is 49.0. The Morgan fingerprint density at radius 3 is 1.30 bits per heavy atom. The molecule has 0 fully saturated rings. The van der Waals surface area contributed by atoms with Gasteiger partial charge in [0.25, 0.3) is 0 Å². The van der Waals surface area contributed by atoms with Crippen molar-refractivity contribution >= 4 is 178 Å². The van der Waals surface area contributed by atoms with Crippen LogP contribution in [0.2, 0.25) is 66.4 Å². The number of ether oxygens (including phenoxy) is 1. The van der Waals surface area contributed by atoms with E-state index in [4.69, 9.17) is 88.8 Å². The van der Waals surface area contributed by atoms with Crippen molar-refractivity contribution in [3.05, 3.63) is 201 Å². The molecule has 86 heavy (non-hydrogen) atoms. The van der Waals surface area contributed by atoms with Gasteiger partial charge in [0.05, 0.1) is 26.9 Å². The quantitative estimate of drug-likeness (QED) is 0.0381. The molecule has 0 aliphatic carbocycles. The van der Waals surface area contributed by atoms with Crippen LogP contribution in [-0.2, 0) is 18.4 Å². The zero-order chi connectivity index (χ0) is 65.4. The van der Waals surface area contributed by atoms with Gasteiger partial charge >= 0.3 is 24.8 Å². The van der Waals surface area contributed by atoms with Crippen molar-refractivity contribution in [3.8, 4) is 6.07 Å². The monoisotopic (exact) mass is 1660 g/mol. The van der Waals surface area contributed by atoms with Crippen molar-refractivity contribution in [2.75, 3.05) is 26.9 Å². The predicted octanol–water partition coefficient (Wildman–Crippen LogP) is 21.3. The van der Waals surface area contributed by atoms with E-state index in [0.717, 1.165) is 22.3 Å². The maximum absolute atomic E-state index is 14.3. The summed E-state index contributed by atoms with van der Waals surface area (Å²) in [5, 5.41) is 19.9. The first-order valence-corrected chi connectivity index (χ1v) is 37.3. The molecule has 0 saturated heterocycles. The molecule has 1 N–H and O–H groups in total. The zero-order valence-corrected chi connectivity index (χ0v) is 63.4. The molecule has 0 bridgehead atoms. The average Bonchev–Trinajstić information content (AvgIpc) is 3.53. The van der Waals surface area contributed by atoms with Crippen molar-refractivity contribution < 1.29 is 69.1 Å². The number of carbonyl (C=O) groups excluding carboxylic acids is 2. The summed E-state index contributed by atoms with van der Waals surface area (Å²) in [6, 6.07) is 33.5. The van der Waals surface area contributed by atoms with Crippen LogP contribution >= 0.6 is 149 Å². The van der Waals surface area contributed by atoms with E-state index in [1.54, 1.807) is 91.0 Å². The summed E-state index contributed by atoms with van der Waals surface area (Å²) in [5.74, 6) is -0.937. The van der Waals surface area contributed by atoms with E-state index in [-0.39, 0.29) is 53.3 Å². The molecule has 6 aromatic carbocycles. The van der Waals surface area contributed by atoms with Crippen LogP contribution in [0, 0.1) is 17.4 Å². The van der Waals surface area contributed by atoms with Gasteiger partial charge in [0.2, 0.25) is 12.3 Å². The molecular formula is C60H64Br5Cl6F5LiNO6Si2. The molecule has 7 nitrogen and oxygen atoms in total. The van der Waals surface area contributed by atoms with Gasteiger partial charge in [-0.1, -0.05) is 184 Å². The minimum Gasteiger partial charge on any atom is -0.467 e. The number of alkyl halides is 5. The van der Waals surface area contributed by atoms with Gasteiger partial charge in [-0.2, -0.15) is 23.5 Å². The Morgan fingerprint density at radius 1 is 0.581 bits per heavy atom. The number of nitriles is 1. The van der Waals surface area contributed by atoms with E-state index < -0.39 is 60.1 Å². The van der Waals surface area contributed by atoms with Crippen molar-refractivity contribution in [2.24, 2.45) is 0 Å². The van der Waals surface area contributed by atoms with Gasteiger partial charge in [-0.05, 0) is 127 Å². The van der Waals surface area contributed by atoms with Gasteiger partial charge < -0.3 is 18.7 Å². The fraction of sp³-hybridized carbons (Fsp3) is 0.350. The number of carbonyl (C=O) groups is 2. The largest absolute Gasteiger partial charge is 1.00 e. The molecule has 0 aliphatic rings. The molecule has 466 valence electrons. The third-order valence-corrected chi connectivity index (χ3v) is 26.8. The van der Waals surface area contributed by atoms with Gasteiger partial charge in [0, 0.05) is 75.3 Å². The average molecular weight is 1670 g/mol. The number of hydrogen-bond acceptors (Lipinski definition) is 7. The summed E-state index contributed by atoms with van der Waals surface area (Å²) in [7, 11) is -2.69. The summed E-state index contributed by atoms with van der Waals surface area (Å²) < 4.78 is 86.8. The summed E-state index contributed by atoms with van der Waals surface area (Å²) >= 11 is 50.2. The molecule has 6 rings (SSSR count). The molecule has 5 unspecified atom stereocenters. The standard InChI is InChI=1S/C14H21BrClFOSi.C14H21ClFOSi.C9H7BrClFO2.C8H4BrClFN.C8H7BrClFO.C7H4BrClO.Li/c1-14(2,3)19(4,5)18-9-13(17)11-8-10(16)6-7-12(11)15;1-14(2,3)18(4,5)17-10-13(16)11-7-6-8-12(15)9-11;1-14-9(13)8(12)6-4-5(11)2-3-7(6)10;2*9-7-2-1-5(10)3-6(7)8(11)4-12;8-7-2-1-6(9)3-5(7)4-10;/h6-8,13H,9H2,1-5H3;6,8-9,13H,10H2,1-5H3;2-4,8H,1H3;1-3,8H;1-3,8,12H,4H2;1-4H;/q;-1;;;;;+1. The number of aliphatic hydroxyl groups excluding tert-OH is 1. The van der Waals surface area contributed by atoms with Crippen LogP contribution < -0.4 is 18.9 Å². The molecule has 0 amide bonds. The van der Waals surface area contributed by atoms with Crippen molar-refractivity contribution in [1.82, 2.24) is 0 Å². The molecule has 0 aliphatic heterocycles. The number of aliphatic hydroxyl groups is 1. The molecule has 0 radical (unpaired) electrons. The molecular weight excluding hydrogens is 1600 g/mol. The van der Waals surface area contributed by atoms with Crippen LogP contribution in [0.4, 0.5) is 22.0 Å². The van der Waals surface area contributed by atoms with E-state index in [1.807, 2.05) is 0 Å². The first kappa shape index (κ1) is 84.7. The first-order chi connectivity index (χ1) is 39.3. The number of rotatable bonds is 14. The van der Waals surface area contributed by atoms with Gasteiger partial charge in [0.1, 0.15) is 24.6 Å². The van der Waals surface area contributed by atoms with Crippen LogP contribution in [0.15, 0.2) is 132 Å². The minimum atomic E-state index is -1.92. The summed E-state index contributed by atoms with van der Waals surface area (Å²) in [6.07, 6.45) is -6.39. The minimum absolute atomic E-state index is 0. The Bertz CT molecular complexity index is 3150. The van der Waals surface area contributed by atoms with Crippen LogP contribution in [0.5, 0.6) is 0 Å². The summed E-state index contributed by atoms with van der Waals surface area (Å²) in [4.78, 5) is 21.2. The van der Waals surface area contributed by atoms with Crippen LogP contribution in [0.25, 0.3) is 0 Å². The maximum atomic E-state index is 14.3. The number of aldehydes is 1. The van der Waals surface area contributed by atoms with E-state index in [9.17, 15) is 31.5 Å². The van der Waals surface area contributed by atoms with Crippen molar-refractivity contribution in [3.63, 3.8) is 0 Å². The Labute approximate surface area is 589 Å². The number of halogens is 16. The number of esters is 1. The molecule has 26 heteroatoms. The van der Waals surface area contributed by atoms with E-state index in [2.05, 4.69) is 158 Å².